The normalized spacial score (nSPS) is 13.6. The molecule has 1 aliphatic rings. The number of hydrogen-bond donors (Lipinski definition) is 2. The Balaban J connectivity index is 1.01. The lowest BCUT2D eigenvalue weighted by molar-refractivity contribution is -0.384. The summed E-state index contributed by atoms with van der Waals surface area (Å²) in [5.41, 5.74) is 5.12. The maximum Gasteiger partial charge on any atom is 0.286 e. The summed E-state index contributed by atoms with van der Waals surface area (Å²) in [6.45, 7) is 1.84. The van der Waals surface area contributed by atoms with Crippen LogP contribution in [0.1, 0.15) is 16.7 Å². The van der Waals surface area contributed by atoms with Crippen molar-refractivity contribution in [3.8, 4) is 11.1 Å². The third-order valence-corrected chi connectivity index (χ3v) is 10.8. The number of rotatable bonds is 10. The van der Waals surface area contributed by atoms with Gasteiger partial charge >= 0.3 is 0 Å². The number of nitrogens with one attached hydrogen (secondary N) is 2. The molecule has 0 spiro atoms. The molecule has 2 N–H and O–H groups in total. The average molecular weight is 721 g/mol. The van der Waals surface area contributed by atoms with Gasteiger partial charge in [-0.2, -0.15) is 4.99 Å². The lowest BCUT2D eigenvalue weighted by atomic mass is 10.0. The van der Waals surface area contributed by atoms with E-state index in [2.05, 4.69) is 15.0 Å². The van der Waals surface area contributed by atoms with Gasteiger partial charge in [0.25, 0.3) is 21.6 Å². The van der Waals surface area contributed by atoms with Gasteiger partial charge in [0.05, 0.1) is 21.1 Å². The molecule has 0 aliphatic carbocycles. The number of amidine groups is 1. The molecular formula is C37H28N4O6S3. The van der Waals surface area contributed by atoms with E-state index in [1.54, 1.807) is 54.6 Å². The number of anilines is 1. The fraction of sp³-hybridized carbons (Fsp3) is 0.0541. The van der Waals surface area contributed by atoms with Crippen LogP contribution in [0.5, 0.6) is 0 Å². The van der Waals surface area contributed by atoms with E-state index in [0.717, 1.165) is 32.0 Å². The number of aryl methyl sites for hydroxylation is 1. The van der Waals surface area contributed by atoms with Crippen LogP contribution in [0.3, 0.4) is 0 Å². The summed E-state index contributed by atoms with van der Waals surface area (Å²) in [6, 6.07) is 35.4. The van der Waals surface area contributed by atoms with Crippen LogP contribution in [0.4, 0.5) is 11.4 Å². The summed E-state index contributed by atoms with van der Waals surface area (Å²) in [5, 5.41) is 14.4. The topological polar surface area (TPSA) is 148 Å². The van der Waals surface area contributed by atoms with Crippen LogP contribution in [0, 0.1) is 17.0 Å². The standard InChI is InChI=1S/C37H28N4O6S3/c1-24-2-20-33(21-3-24)50(46,47)40-35(42)23-26-6-12-29(13-7-26)38-37-39-36(43)34(49-37)22-25-4-8-27(9-5-25)28-10-16-31(17-11-28)48-32-18-14-30(15-19-32)41(44)45/h2-22H,23H2,1H3,(H,40,42)(H,38,39,43)/b34-22+. The number of amides is 2. The van der Waals surface area contributed by atoms with Crippen molar-refractivity contribution in [1.82, 2.24) is 4.72 Å². The van der Waals surface area contributed by atoms with Crippen LogP contribution < -0.4 is 10.0 Å². The predicted molar refractivity (Wildman–Crippen MR) is 197 cm³/mol. The first-order chi connectivity index (χ1) is 24.0. The fourth-order valence-corrected chi connectivity index (χ4v) is 7.48. The Hall–Kier alpha value is -5.50. The summed E-state index contributed by atoms with van der Waals surface area (Å²) in [5.74, 6) is -1.00. The Labute approximate surface area is 296 Å². The fourth-order valence-electron chi connectivity index (χ4n) is 4.85. The first-order valence-corrected chi connectivity index (χ1v) is 18.3. The zero-order valence-corrected chi connectivity index (χ0v) is 28.8. The highest BCUT2D eigenvalue weighted by Gasteiger charge is 2.22. The molecule has 0 unspecified atom stereocenters. The monoisotopic (exact) mass is 720 g/mol. The first-order valence-electron chi connectivity index (χ1n) is 15.1. The highest BCUT2D eigenvalue weighted by molar-refractivity contribution is 8.18. The highest BCUT2D eigenvalue weighted by atomic mass is 32.2. The number of nitrogens with zero attached hydrogens (tertiary/aromatic N) is 2. The van der Waals surface area contributed by atoms with Gasteiger partial charge in [-0.05, 0) is 95.5 Å². The number of non-ortho nitro benzene ring substituents is 1. The maximum absolute atomic E-state index is 12.6. The number of sulfonamides is 1. The van der Waals surface area contributed by atoms with Gasteiger partial charge in [0, 0.05) is 27.6 Å². The molecule has 5 aromatic carbocycles. The Bertz CT molecular complexity index is 2240. The molecule has 13 heteroatoms. The summed E-state index contributed by atoms with van der Waals surface area (Å²) in [4.78, 5) is 42.1. The van der Waals surface area contributed by atoms with E-state index in [1.165, 1.54) is 47.8 Å². The molecule has 1 aliphatic heterocycles. The van der Waals surface area contributed by atoms with E-state index in [0.29, 0.717) is 21.3 Å². The van der Waals surface area contributed by atoms with Crippen LogP contribution in [0.15, 0.2) is 146 Å². The molecular weight excluding hydrogens is 693 g/mol. The zero-order chi connectivity index (χ0) is 35.3. The van der Waals surface area contributed by atoms with E-state index in [-0.39, 0.29) is 22.9 Å². The molecule has 1 heterocycles. The molecule has 10 nitrogen and oxygen atoms in total. The van der Waals surface area contributed by atoms with Crippen molar-refractivity contribution in [1.29, 1.82) is 0 Å². The van der Waals surface area contributed by atoms with E-state index >= 15 is 0 Å². The highest BCUT2D eigenvalue weighted by Crippen LogP contribution is 2.32. The summed E-state index contributed by atoms with van der Waals surface area (Å²) >= 11 is 2.74. The van der Waals surface area contributed by atoms with Gasteiger partial charge in [-0.15, -0.1) is 0 Å². The molecule has 2 amide bonds. The number of hydrogen-bond acceptors (Lipinski definition) is 9. The minimum Gasteiger partial charge on any atom is -0.334 e. The number of thioether (sulfide) groups is 1. The van der Waals surface area contributed by atoms with Crippen molar-refractivity contribution in [3.63, 3.8) is 0 Å². The van der Waals surface area contributed by atoms with E-state index in [9.17, 15) is 28.1 Å². The number of carbonyl (C=O) groups is 2. The molecule has 6 rings (SSSR count). The van der Waals surface area contributed by atoms with Gasteiger partial charge in [-0.25, -0.2) is 13.1 Å². The summed E-state index contributed by atoms with van der Waals surface area (Å²) in [7, 11) is -3.96. The van der Waals surface area contributed by atoms with Crippen molar-refractivity contribution in [2.75, 3.05) is 5.32 Å². The Kier molecular flexibility index (Phi) is 10.3. The third-order valence-electron chi connectivity index (χ3n) is 7.45. The van der Waals surface area contributed by atoms with Gasteiger partial charge in [-0.3, -0.25) is 19.7 Å². The molecule has 0 aromatic heterocycles. The third kappa shape index (κ3) is 8.74. The number of carbonyl (C=O) groups excluding carboxylic acids is 2. The van der Waals surface area contributed by atoms with Crippen LogP contribution >= 0.6 is 23.5 Å². The van der Waals surface area contributed by atoms with Crippen molar-refractivity contribution in [2.24, 2.45) is 4.99 Å². The second-order valence-electron chi connectivity index (χ2n) is 11.2. The molecule has 0 atom stereocenters. The molecule has 0 fully saturated rings. The molecule has 250 valence electrons. The van der Waals surface area contributed by atoms with Crippen molar-refractivity contribution < 1.29 is 22.9 Å². The smallest absolute Gasteiger partial charge is 0.286 e. The maximum atomic E-state index is 12.6. The zero-order valence-electron chi connectivity index (χ0n) is 26.4. The van der Waals surface area contributed by atoms with Gasteiger partial charge in [0.2, 0.25) is 5.91 Å². The van der Waals surface area contributed by atoms with Gasteiger partial charge in [0.1, 0.15) is 0 Å². The van der Waals surface area contributed by atoms with Crippen LogP contribution in [-0.2, 0) is 26.0 Å². The molecule has 0 saturated carbocycles. The second-order valence-corrected chi connectivity index (χ2v) is 15.0. The Morgan fingerprint density at radius 3 is 2.02 bits per heavy atom. The van der Waals surface area contributed by atoms with Crippen LogP contribution in [0.2, 0.25) is 0 Å². The van der Waals surface area contributed by atoms with Gasteiger partial charge < -0.3 is 5.32 Å². The van der Waals surface area contributed by atoms with Gasteiger partial charge in [-0.1, -0.05) is 78.0 Å². The first kappa shape index (κ1) is 34.4. The molecule has 5 aromatic rings. The van der Waals surface area contributed by atoms with Gasteiger partial charge in [0.15, 0.2) is 5.17 Å². The van der Waals surface area contributed by atoms with Crippen molar-refractivity contribution in [2.45, 2.75) is 28.0 Å². The minimum atomic E-state index is -3.96. The largest absolute Gasteiger partial charge is 0.334 e. The Morgan fingerprint density at radius 2 is 1.42 bits per heavy atom. The lowest BCUT2D eigenvalue weighted by Gasteiger charge is -2.08. The van der Waals surface area contributed by atoms with Crippen LogP contribution in [-0.4, -0.2) is 30.3 Å². The number of nitro benzene ring substituents is 1. The number of nitro groups is 1. The van der Waals surface area contributed by atoms with E-state index in [1.807, 2.05) is 55.5 Å². The molecule has 0 bridgehead atoms. The average Bonchev–Trinajstić information content (AvgIpc) is 3.44. The summed E-state index contributed by atoms with van der Waals surface area (Å²) < 4.78 is 27.1. The second kappa shape index (κ2) is 14.9. The van der Waals surface area contributed by atoms with Crippen LogP contribution in [0.25, 0.3) is 17.2 Å². The minimum absolute atomic E-state index is 0.0204. The molecule has 50 heavy (non-hydrogen) atoms. The number of benzene rings is 5. The van der Waals surface area contributed by atoms with E-state index in [4.69, 9.17) is 0 Å². The number of aliphatic imine (C=N–C) groups is 1. The Morgan fingerprint density at radius 1 is 0.840 bits per heavy atom. The molecule has 0 radical (unpaired) electrons. The lowest BCUT2D eigenvalue weighted by Crippen LogP contribution is -2.31. The quantitative estimate of drug-likeness (QED) is 0.0836. The predicted octanol–water partition coefficient (Wildman–Crippen LogP) is 7.85. The van der Waals surface area contributed by atoms with Crippen molar-refractivity contribution >= 4 is 68.0 Å². The van der Waals surface area contributed by atoms with Crippen molar-refractivity contribution in [3.05, 3.63) is 153 Å². The SMILES string of the molecule is Cc1ccc(S(=O)(=O)NC(=O)Cc2ccc(NC3=NC(=O)/C(=C\c4ccc(-c5ccc(Sc6ccc([N+](=O)[O-])cc6)cc5)cc4)S3)cc2)cc1. The molecule has 0 saturated heterocycles. The van der Waals surface area contributed by atoms with E-state index < -0.39 is 20.9 Å². The summed E-state index contributed by atoms with van der Waals surface area (Å²) in [6.07, 6.45) is 1.66.